The Labute approximate surface area is 99.4 Å². The van der Waals surface area contributed by atoms with Gasteiger partial charge < -0.3 is 10.7 Å². The van der Waals surface area contributed by atoms with Crippen molar-refractivity contribution < 1.29 is 0 Å². The second-order valence-electron chi connectivity index (χ2n) is 4.78. The monoisotopic (exact) mass is 223 g/mol. The van der Waals surface area contributed by atoms with Gasteiger partial charge in [-0.25, -0.2) is 0 Å². The van der Waals surface area contributed by atoms with Gasteiger partial charge in [-0.1, -0.05) is 13.8 Å². The fourth-order valence-electron chi connectivity index (χ4n) is 1.96. The largest absolute Gasteiger partial charge is 0.391 e. The minimum atomic E-state index is 0.877. The van der Waals surface area contributed by atoms with E-state index in [4.69, 9.17) is 5.41 Å². The molecule has 2 N–H and O–H groups in total. The molecule has 0 bridgehead atoms. The van der Waals surface area contributed by atoms with E-state index in [-0.39, 0.29) is 0 Å². The van der Waals surface area contributed by atoms with Crippen LogP contribution in [0.1, 0.15) is 33.1 Å². The molecule has 0 aromatic carbocycles. The first-order valence-electron chi connectivity index (χ1n) is 6.41. The maximum absolute atomic E-state index is 7.39. The van der Waals surface area contributed by atoms with Gasteiger partial charge in [0.2, 0.25) is 0 Å². The van der Waals surface area contributed by atoms with E-state index in [2.05, 4.69) is 24.1 Å². The predicted octanol–water partition coefficient (Wildman–Crippen LogP) is 2.25. The number of nitrogens with one attached hydrogen (secondary N) is 2. The second-order valence-corrected chi connectivity index (χ2v) is 4.78. The molecule has 1 saturated heterocycles. The highest BCUT2D eigenvalue weighted by Crippen LogP contribution is 2.16. The maximum Gasteiger partial charge on any atom is 0.0263 e. The normalized spacial score (nSPS) is 19.8. The van der Waals surface area contributed by atoms with Gasteiger partial charge in [-0.2, -0.15) is 0 Å². The number of nitrogens with zero attached hydrogens (tertiary/aromatic N) is 1. The molecule has 1 aliphatic heterocycles. The summed E-state index contributed by atoms with van der Waals surface area (Å²) in [5.74, 6) is 0.877. The van der Waals surface area contributed by atoms with Crippen LogP contribution in [0, 0.1) is 11.3 Å². The van der Waals surface area contributed by atoms with Gasteiger partial charge in [0.1, 0.15) is 0 Å². The third-order valence-electron chi connectivity index (χ3n) is 3.15. The summed E-state index contributed by atoms with van der Waals surface area (Å²) in [6, 6.07) is 0. The zero-order valence-corrected chi connectivity index (χ0v) is 10.6. The summed E-state index contributed by atoms with van der Waals surface area (Å²) in [6.45, 7) is 8.76. The zero-order chi connectivity index (χ0) is 11.8. The van der Waals surface area contributed by atoms with Crippen LogP contribution in [0.15, 0.2) is 11.8 Å². The first-order valence-corrected chi connectivity index (χ1v) is 6.41. The van der Waals surface area contributed by atoms with E-state index in [1.807, 2.05) is 6.20 Å². The van der Waals surface area contributed by atoms with Crippen LogP contribution in [-0.2, 0) is 0 Å². The second kappa shape index (κ2) is 7.44. The van der Waals surface area contributed by atoms with Crippen LogP contribution in [-0.4, -0.2) is 37.3 Å². The first kappa shape index (κ1) is 13.2. The molecule has 0 atom stereocenters. The fraction of sp³-hybridized carbons (Fsp3) is 0.769. The van der Waals surface area contributed by atoms with E-state index in [9.17, 15) is 0 Å². The Balaban J connectivity index is 2.32. The molecule has 3 nitrogen and oxygen atoms in total. The standard InChI is InChI=1S/C13H25N3/c1-3-6-15-10-13(9-14)11-16-7-4-12(2)5-8-16/h9-10,12,14-15H,3-8,11H2,1-2H3/b13-10+,14-9?. The van der Waals surface area contributed by atoms with E-state index in [0.717, 1.165) is 31.0 Å². The molecule has 1 fully saturated rings. The maximum atomic E-state index is 7.39. The molecule has 16 heavy (non-hydrogen) atoms. The van der Waals surface area contributed by atoms with Crippen LogP contribution in [0.5, 0.6) is 0 Å². The molecular formula is C13H25N3. The number of hydrogen-bond donors (Lipinski definition) is 2. The molecule has 0 amide bonds. The van der Waals surface area contributed by atoms with E-state index in [1.165, 1.54) is 32.1 Å². The smallest absolute Gasteiger partial charge is 0.0263 e. The minimum absolute atomic E-state index is 0.877. The molecule has 0 radical (unpaired) electrons. The van der Waals surface area contributed by atoms with Crippen LogP contribution < -0.4 is 5.32 Å². The molecule has 0 saturated carbocycles. The van der Waals surface area contributed by atoms with Crippen molar-refractivity contribution in [3.63, 3.8) is 0 Å². The summed E-state index contributed by atoms with van der Waals surface area (Å²) in [5.41, 5.74) is 1.09. The van der Waals surface area contributed by atoms with Crippen molar-refractivity contribution in [3.8, 4) is 0 Å². The summed E-state index contributed by atoms with van der Waals surface area (Å²) in [6.07, 6.45) is 7.19. The molecule has 1 heterocycles. The first-order chi connectivity index (χ1) is 7.76. The van der Waals surface area contributed by atoms with Crippen molar-refractivity contribution in [2.75, 3.05) is 26.2 Å². The Morgan fingerprint density at radius 3 is 2.69 bits per heavy atom. The highest BCUT2D eigenvalue weighted by molar-refractivity contribution is 5.76. The highest BCUT2D eigenvalue weighted by Gasteiger charge is 2.15. The average molecular weight is 223 g/mol. The van der Waals surface area contributed by atoms with Crippen LogP contribution in [0.4, 0.5) is 0 Å². The molecule has 92 valence electrons. The zero-order valence-electron chi connectivity index (χ0n) is 10.6. The van der Waals surface area contributed by atoms with Gasteiger partial charge >= 0.3 is 0 Å². The Morgan fingerprint density at radius 2 is 2.12 bits per heavy atom. The minimum Gasteiger partial charge on any atom is -0.391 e. The van der Waals surface area contributed by atoms with E-state index >= 15 is 0 Å². The highest BCUT2D eigenvalue weighted by atomic mass is 15.1. The van der Waals surface area contributed by atoms with E-state index in [0.29, 0.717) is 0 Å². The molecule has 3 heteroatoms. The molecule has 0 aromatic heterocycles. The molecule has 0 aliphatic carbocycles. The lowest BCUT2D eigenvalue weighted by molar-refractivity contribution is 0.208. The van der Waals surface area contributed by atoms with Gasteiger partial charge in [0.15, 0.2) is 0 Å². The number of likely N-dealkylation sites (tertiary alicyclic amines) is 1. The van der Waals surface area contributed by atoms with Crippen molar-refractivity contribution in [2.24, 2.45) is 5.92 Å². The molecule has 0 unspecified atom stereocenters. The molecule has 0 spiro atoms. The Kier molecular flexibility index (Phi) is 6.16. The number of piperidine rings is 1. The van der Waals surface area contributed by atoms with E-state index < -0.39 is 0 Å². The van der Waals surface area contributed by atoms with Crippen LogP contribution in [0.2, 0.25) is 0 Å². The SMILES string of the molecule is CCCN/C=C(\C=N)CN1CCC(C)CC1. The molecule has 1 rings (SSSR count). The third kappa shape index (κ3) is 4.79. The topological polar surface area (TPSA) is 39.1 Å². The van der Waals surface area contributed by atoms with Crippen molar-refractivity contribution >= 4 is 6.21 Å². The lowest BCUT2D eigenvalue weighted by atomic mass is 9.99. The van der Waals surface area contributed by atoms with Crippen molar-refractivity contribution in [2.45, 2.75) is 33.1 Å². The van der Waals surface area contributed by atoms with Gasteiger partial charge in [-0.15, -0.1) is 0 Å². The van der Waals surface area contributed by atoms with E-state index in [1.54, 1.807) is 0 Å². The molecule has 1 aliphatic rings. The van der Waals surface area contributed by atoms with Crippen molar-refractivity contribution in [1.82, 2.24) is 10.2 Å². The third-order valence-corrected chi connectivity index (χ3v) is 3.15. The Morgan fingerprint density at radius 1 is 1.44 bits per heavy atom. The fourth-order valence-corrected chi connectivity index (χ4v) is 1.96. The van der Waals surface area contributed by atoms with Crippen LogP contribution in [0.3, 0.4) is 0 Å². The Hall–Kier alpha value is -0.830. The summed E-state index contributed by atoms with van der Waals surface area (Å²) in [5, 5.41) is 10.6. The molecule has 0 aromatic rings. The van der Waals surface area contributed by atoms with Crippen LogP contribution in [0.25, 0.3) is 0 Å². The summed E-state index contributed by atoms with van der Waals surface area (Å²) < 4.78 is 0. The van der Waals surface area contributed by atoms with Crippen molar-refractivity contribution in [3.05, 3.63) is 11.8 Å². The predicted molar refractivity (Wildman–Crippen MR) is 70.0 cm³/mol. The van der Waals surface area contributed by atoms with Gasteiger partial charge in [0.05, 0.1) is 0 Å². The summed E-state index contributed by atoms with van der Waals surface area (Å²) >= 11 is 0. The average Bonchev–Trinajstić information content (AvgIpc) is 2.31. The number of hydrogen-bond acceptors (Lipinski definition) is 3. The number of rotatable bonds is 6. The summed E-state index contributed by atoms with van der Waals surface area (Å²) in [7, 11) is 0. The van der Waals surface area contributed by atoms with Gasteiger partial charge in [-0.3, -0.25) is 4.90 Å². The van der Waals surface area contributed by atoms with Gasteiger partial charge in [0, 0.05) is 25.5 Å². The quantitative estimate of drug-likeness (QED) is 0.535. The Bertz CT molecular complexity index is 227. The van der Waals surface area contributed by atoms with Crippen LogP contribution >= 0.6 is 0 Å². The van der Waals surface area contributed by atoms with Gasteiger partial charge in [-0.05, 0) is 43.8 Å². The summed E-state index contributed by atoms with van der Waals surface area (Å²) in [4.78, 5) is 2.45. The molecular weight excluding hydrogens is 198 g/mol. The van der Waals surface area contributed by atoms with Gasteiger partial charge in [0.25, 0.3) is 0 Å². The lowest BCUT2D eigenvalue weighted by Crippen LogP contribution is -2.34. The lowest BCUT2D eigenvalue weighted by Gasteiger charge is -2.30. The van der Waals surface area contributed by atoms with Crippen molar-refractivity contribution in [1.29, 1.82) is 5.41 Å².